The molecular formula is C17H25NO2. The molecule has 0 N–H and O–H groups in total. The third-order valence-electron chi connectivity index (χ3n) is 4.43. The van der Waals surface area contributed by atoms with E-state index in [-0.39, 0.29) is 17.6 Å². The second-order valence-corrected chi connectivity index (χ2v) is 6.50. The van der Waals surface area contributed by atoms with Crippen LogP contribution in [0.15, 0.2) is 18.2 Å². The summed E-state index contributed by atoms with van der Waals surface area (Å²) in [7, 11) is 1.46. The SMILES string of the molecule is COC(=O)[C@H](C)N1c2c(C)cccc2[C@@H](C)CC1(C)C. The normalized spacial score (nSPS) is 22.1. The van der Waals surface area contributed by atoms with E-state index in [2.05, 4.69) is 50.8 Å². The molecule has 0 unspecified atom stereocenters. The van der Waals surface area contributed by atoms with E-state index in [4.69, 9.17) is 4.74 Å². The Labute approximate surface area is 121 Å². The summed E-state index contributed by atoms with van der Waals surface area (Å²) >= 11 is 0. The Kier molecular flexibility index (Phi) is 3.81. The number of hydrogen-bond donors (Lipinski definition) is 0. The zero-order valence-corrected chi connectivity index (χ0v) is 13.4. The summed E-state index contributed by atoms with van der Waals surface area (Å²) in [6, 6.07) is 6.12. The molecular weight excluding hydrogens is 250 g/mol. The minimum absolute atomic E-state index is 0.0634. The van der Waals surface area contributed by atoms with Crippen molar-refractivity contribution < 1.29 is 9.53 Å². The van der Waals surface area contributed by atoms with Crippen LogP contribution >= 0.6 is 0 Å². The molecule has 1 aliphatic heterocycles. The molecule has 110 valence electrons. The number of carbonyl (C=O) groups excluding carboxylic acids is 1. The lowest BCUT2D eigenvalue weighted by molar-refractivity contribution is -0.142. The van der Waals surface area contributed by atoms with Gasteiger partial charge in [-0.05, 0) is 51.2 Å². The quantitative estimate of drug-likeness (QED) is 0.772. The second-order valence-electron chi connectivity index (χ2n) is 6.50. The van der Waals surface area contributed by atoms with Crippen LogP contribution in [0.25, 0.3) is 0 Å². The Hall–Kier alpha value is -1.51. The summed E-state index contributed by atoms with van der Waals surface area (Å²) in [5, 5.41) is 0. The van der Waals surface area contributed by atoms with Gasteiger partial charge in [0.25, 0.3) is 0 Å². The van der Waals surface area contributed by atoms with E-state index < -0.39 is 0 Å². The standard InChI is InChI=1S/C17H25NO2/c1-11-8-7-9-14-12(2)10-17(4,5)18(15(11)14)13(3)16(19)20-6/h7-9,12-13H,10H2,1-6H3/t12-,13-/m0/s1. The maximum absolute atomic E-state index is 12.0. The highest BCUT2D eigenvalue weighted by Gasteiger charge is 2.41. The third-order valence-corrected chi connectivity index (χ3v) is 4.43. The Balaban J connectivity index is 2.59. The zero-order chi connectivity index (χ0) is 15.1. The molecule has 0 fully saturated rings. The van der Waals surface area contributed by atoms with E-state index in [0.717, 1.165) is 6.42 Å². The van der Waals surface area contributed by atoms with Crippen LogP contribution < -0.4 is 4.90 Å². The molecule has 0 saturated carbocycles. The molecule has 1 aliphatic rings. The highest BCUT2D eigenvalue weighted by molar-refractivity contribution is 5.82. The number of esters is 1. The number of hydrogen-bond acceptors (Lipinski definition) is 3. The van der Waals surface area contributed by atoms with Crippen molar-refractivity contribution >= 4 is 11.7 Å². The Morgan fingerprint density at radius 1 is 1.45 bits per heavy atom. The van der Waals surface area contributed by atoms with Crippen molar-refractivity contribution in [3.63, 3.8) is 0 Å². The molecule has 1 aromatic rings. The second kappa shape index (κ2) is 5.12. The number of methoxy groups -OCH3 is 1. The molecule has 0 spiro atoms. The van der Waals surface area contributed by atoms with Gasteiger partial charge in [-0.15, -0.1) is 0 Å². The number of aryl methyl sites for hydroxylation is 1. The van der Waals surface area contributed by atoms with Crippen molar-refractivity contribution in [1.82, 2.24) is 0 Å². The molecule has 0 amide bonds. The summed E-state index contributed by atoms with van der Waals surface area (Å²) < 4.78 is 4.96. The lowest BCUT2D eigenvalue weighted by Gasteiger charge is -2.50. The topological polar surface area (TPSA) is 29.5 Å². The van der Waals surface area contributed by atoms with Gasteiger partial charge in [0.05, 0.1) is 7.11 Å². The average Bonchev–Trinajstić information content (AvgIpc) is 2.37. The largest absolute Gasteiger partial charge is 0.467 e. The number of benzene rings is 1. The number of nitrogens with zero attached hydrogens (tertiary/aromatic N) is 1. The monoisotopic (exact) mass is 275 g/mol. The predicted octanol–water partition coefficient (Wildman–Crippen LogP) is 3.65. The molecule has 0 radical (unpaired) electrons. The number of fused-ring (bicyclic) bond motifs is 1. The van der Waals surface area contributed by atoms with Crippen molar-refractivity contribution in [2.45, 2.75) is 58.5 Å². The van der Waals surface area contributed by atoms with E-state index in [1.54, 1.807) is 0 Å². The van der Waals surface area contributed by atoms with Crippen LogP contribution in [-0.2, 0) is 9.53 Å². The smallest absolute Gasteiger partial charge is 0.328 e. The summed E-state index contributed by atoms with van der Waals surface area (Å²) in [6.45, 7) is 10.7. The fraction of sp³-hybridized carbons (Fsp3) is 0.588. The fourth-order valence-corrected chi connectivity index (χ4v) is 3.66. The van der Waals surface area contributed by atoms with Crippen LogP contribution in [0.4, 0.5) is 5.69 Å². The number of carbonyl (C=O) groups is 1. The number of anilines is 1. The highest BCUT2D eigenvalue weighted by Crippen LogP contribution is 2.45. The Morgan fingerprint density at radius 2 is 2.10 bits per heavy atom. The van der Waals surface area contributed by atoms with Crippen molar-refractivity contribution in [2.75, 3.05) is 12.0 Å². The van der Waals surface area contributed by atoms with Gasteiger partial charge in [-0.3, -0.25) is 0 Å². The summed E-state index contributed by atoms with van der Waals surface area (Å²) in [5.41, 5.74) is 3.69. The van der Waals surface area contributed by atoms with Crippen molar-refractivity contribution in [3.8, 4) is 0 Å². The fourth-order valence-electron chi connectivity index (χ4n) is 3.66. The van der Waals surface area contributed by atoms with Crippen LogP contribution in [0, 0.1) is 6.92 Å². The van der Waals surface area contributed by atoms with Crippen LogP contribution in [-0.4, -0.2) is 24.7 Å². The molecule has 2 rings (SSSR count). The van der Waals surface area contributed by atoms with E-state index in [1.807, 2.05) is 6.92 Å². The van der Waals surface area contributed by atoms with Gasteiger partial charge in [-0.1, -0.05) is 25.1 Å². The maximum atomic E-state index is 12.0. The maximum Gasteiger partial charge on any atom is 0.328 e. The van der Waals surface area contributed by atoms with Gasteiger partial charge in [-0.2, -0.15) is 0 Å². The minimum Gasteiger partial charge on any atom is -0.467 e. The number of rotatable bonds is 2. The number of ether oxygens (including phenoxy) is 1. The van der Waals surface area contributed by atoms with Crippen LogP contribution in [0.1, 0.15) is 51.2 Å². The van der Waals surface area contributed by atoms with E-state index in [9.17, 15) is 4.79 Å². The molecule has 20 heavy (non-hydrogen) atoms. The number of para-hydroxylation sites is 1. The first-order valence-corrected chi connectivity index (χ1v) is 7.26. The third kappa shape index (κ3) is 2.30. The Bertz CT molecular complexity index is 522. The molecule has 1 heterocycles. The van der Waals surface area contributed by atoms with E-state index >= 15 is 0 Å². The minimum atomic E-state index is -0.276. The van der Waals surface area contributed by atoms with E-state index in [0.29, 0.717) is 5.92 Å². The zero-order valence-electron chi connectivity index (χ0n) is 13.4. The lowest BCUT2D eigenvalue weighted by atomic mass is 9.78. The summed E-state index contributed by atoms with van der Waals surface area (Å²) in [4.78, 5) is 14.3. The molecule has 1 aromatic carbocycles. The molecule has 0 bridgehead atoms. The molecule has 0 saturated heterocycles. The summed E-state index contributed by atoms with van der Waals surface area (Å²) in [5.74, 6) is 0.322. The van der Waals surface area contributed by atoms with Crippen LogP contribution in [0.5, 0.6) is 0 Å². The van der Waals surface area contributed by atoms with Gasteiger partial charge >= 0.3 is 5.97 Å². The van der Waals surface area contributed by atoms with Gasteiger partial charge in [0.15, 0.2) is 0 Å². The van der Waals surface area contributed by atoms with Gasteiger partial charge in [0.2, 0.25) is 0 Å². The van der Waals surface area contributed by atoms with Crippen molar-refractivity contribution in [3.05, 3.63) is 29.3 Å². The van der Waals surface area contributed by atoms with Crippen LogP contribution in [0.3, 0.4) is 0 Å². The molecule has 0 aromatic heterocycles. The van der Waals surface area contributed by atoms with E-state index in [1.165, 1.54) is 23.9 Å². The summed E-state index contributed by atoms with van der Waals surface area (Å²) in [6.07, 6.45) is 1.03. The highest BCUT2D eigenvalue weighted by atomic mass is 16.5. The molecule has 0 aliphatic carbocycles. The van der Waals surface area contributed by atoms with Gasteiger partial charge in [0, 0.05) is 11.2 Å². The van der Waals surface area contributed by atoms with Gasteiger partial charge in [0.1, 0.15) is 6.04 Å². The molecule has 3 nitrogen and oxygen atoms in total. The first kappa shape index (κ1) is 14.9. The van der Waals surface area contributed by atoms with Crippen LogP contribution in [0.2, 0.25) is 0 Å². The Morgan fingerprint density at radius 3 is 2.70 bits per heavy atom. The first-order valence-electron chi connectivity index (χ1n) is 7.26. The molecule has 2 atom stereocenters. The van der Waals surface area contributed by atoms with Gasteiger partial charge in [-0.25, -0.2) is 4.79 Å². The van der Waals surface area contributed by atoms with Crippen molar-refractivity contribution in [2.24, 2.45) is 0 Å². The first-order chi connectivity index (χ1) is 9.29. The molecule has 3 heteroatoms. The van der Waals surface area contributed by atoms with Gasteiger partial charge < -0.3 is 9.64 Å². The van der Waals surface area contributed by atoms with Crippen molar-refractivity contribution in [1.29, 1.82) is 0 Å². The average molecular weight is 275 g/mol. The lowest BCUT2D eigenvalue weighted by Crippen LogP contribution is -2.55. The predicted molar refractivity (Wildman–Crippen MR) is 82.2 cm³/mol.